The third kappa shape index (κ3) is 3.56. The van der Waals surface area contributed by atoms with Gasteiger partial charge in [0, 0.05) is 43.4 Å². The molecule has 0 saturated heterocycles. The van der Waals surface area contributed by atoms with Gasteiger partial charge in [-0.1, -0.05) is 0 Å². The molecule has 6 heteroatoms. The van der Waals surface area contributed by atoms with Crippen molar-refractivity contribution in [3.63, 3.8) is 0 Å². The minimum Gasteiger partial charge on any atom is -0.457 e. The van der Waals surface area contributed by atoms with Crippen molar-refractivity contribution in [2.24, 2.45) is 10.7 Å². The van der Waals surface area contributed by atoms with E-state index in [1.807, 2.05) is 0 Å². The lowest BCUT2D eigenvalue weighted by atomic mass is 10.2. The number of halogens is 1. The van der Waals surface area contributed by atoms with Crippen molar-refractivity contribution < 1.29 is 9.13 Å². The number of hydrogen-bond donors (Lipinski definition) is 2. The molecule has 0 saturated carbocycles. The van der Waals surface area contributed by atoms with Crippen molar-refractivity contribution >= 4 is 17.5 Å². The molecule has 5 nitrogen and oxygen atoms in total. The molecule has 0 spiro atoms. The Morgan fingerprint density at radius 3 is 2.71 bits per heavy atom. The first kappa shape index (κ1) is 14.5. The Balaban J connectivity index is 2.27. The number of aromatic nitrogens is 1. The number of nitrogen functional groups attached to an aromatic ring is 1. The third-order valence-electron chi connectivity index (χ3n) is 2.68. The molecule has 0 fully saturated rings. The number of ether oxygens (including phenoxy) is 1. The number of anilines is 1. The zero-order valence-corrected chi connectivity index (χ0v) is 11.5. The number of nitrogens with two attached hydrogens (primary N) is 2. The summed E-state index contributed by atoms with van der Waals surface area (Å²) in [5.41, 5.74) is 12.3. The highest BCUT2D eigenvalue weighted by atomic mass is 19.1. The number of nitrogens with zero attached hydrogens (tertiary/aromatic N) is 2. The van der Waals surface area contributed by atoms with E-state index < -0.39 is 5.82 Å². The van der Waals surface area contributed by atoms with E-state index in [1.165, 1.54) is 18.3 Å². The fourth-order valence-electron chi connectivity index (χ4n) is 1.67. The van der Waals surface area contributed by atoms with E-state index in [9.17, 15) is 4.39 Å². The van der Waals surface area contributed by atoms with E-state index in [0.29, 0.717) is 22.8 Å². The van der Waals surface area contributed by atoms with E-state index in [1.54, 1.807) is 37.7 Å². The van der Waals surface area contributed by atoms with Gasteiger partial charge in [0.25, 0.3) is 0 Å². The molecule has 0 aliphatic carbocycles. The molecule has 0 atom stereocenters. The molecule has 1 heterocycles. The van der Waals surface area contributed by atoms with Gasteiger partial charge in [0.2, 0.25) is 0 Å². The van der Waals surface area contributed by atoms with Crippen LogP contribution in [0.2, 0.25) is 0 Å². The van der Waals surface area contributed by atoms with Crippen LogP contribution in [0.4, 0.5) is 10.1 Å². The fraction of sp³-hybridized carbons (Fsp3) is 0.0667. The summed E-state index contributed by atoms with van der Waals surface area (Å²) in [4.78, 5) is 8.09. The lowest BCUT2D eigenvalue weighted by Crippen LogP contribution is -1.96. The molecule has 0 unspecified atom stereocenters. The van der Waals surface area contributed by atoms with Gasteiger partial charge in [0.15, 0.2) is 0 Å². The van der Waals surface area contributed by atoms with Crippen molar-refractivity contribution in [2.45, 2.75) is 0 Å². The molecule has 108 valence electrons. The van der Waals surface area contributed by atoms with E-state index in [2.05, 4.69) is 9.98 Å². The average Bonchev–Trinajstić information content (AvgIpc) is 2.49. The number of benzene rings is 1. The predicted molar refractivity (Wildman–Crippen MR) is 81.7 cm³/mol. The highest BCUT2D eigenvalue weighted by Gasteiger charge is 2.05. The third-order valence-corrected chi connectivity index (χ3v) is 2.68. The summed E-state index contributed by atoms with van der Waals surface area (Å²) < 4.78 is 19.0. The fourth-order valence-corrected chi connectivity index (χ4v) is 1.67. The van der Waals surface area contributed by atoms with Crippen LogP contribution < -0.4 is 16.2 Å². The quantitative estimate of drug-likeness (QED) is 0.668. The SMILES string of the molecule is CN=C/C(=C\N)c1cc(Oc2ccc(N)c(F)c2)ccn1. The van der Waals surface area contributed by atoms with Gasteiger partial charge >= 0.3 is 0 Å². The van der Waals surface area contributed by atoms with Crippen molar-refractivity contribution in [3.05, 3.63) is 54.2 Å². The van der Waals surface area contributed by atoms with E-state index in [-0.39, 0.29) is 5.69 Å². The second-order valence-electron chi connectivity index (χ2n) is 4.17. The zero-order valence-electron chi connectivity index (χ0n) is 11.5. The largest absolute Gasteiger partial charge is 0.457 e. The molecule has 0 amide bonds. The van der Waals surface area contributed by atoms with Crippen molar-refractivity contribution in [3.8, 4) is 11.5 Å². The molecule has 1 aromatic heterocycles. The minimum absolute atomic E-state index is 0.0743. The van der Waals surface area contributed by atoms with E-state index in [0.717, 1.165) is 0 Å². The first-order valence-corrected chi connectivity index (χ1v) is 6.17. The van der Waals surface area contributed by atoms with Crippen molar-refractivity contribution in [1.82, 2.24) is 4.98 Å². The van der Waals surface area contributed by atoms with Gasteiger partial charge in [-0.3, -0.25) is 9.98 Å². The van der Waals surface area contributed by atoms with Crippen LogP contribution in [-0.2, 0) is 0 Å². The lowest BCUT2D eigenvalue weighted by molar-refractivity contribution is 0.476. The Kier molecular flexibility index (Phi) is 4.50. The van der Waals surface area contributed by atoms with Gasteiger partial charge < -0.3 is 16.2 Å². The Bertz CT molecular complexity index is 698. The van der Waals surface area contributed by atoms with Crippen LogP contribution >= 0.6 is 0 Å². The van der Waals surface area contributed by atoms with Crippen LogP contribution in [0.15, 0.2) is 47.7 Å². The average molecular weight is 286 g/mol. The number of pyridine rings is 1. The predicted octanol–water partition coefficient (Wildman–Crippen LogP) is 2.60. The second kappa shape index (κ2) is 6.51. The summed E-state index contributed by atoms with van der Waals surface area (Å²) in [6, 6.07) is 7.61. The first-order chi connectivity index (χ1) is 10.1. The maximum absolute atomic E-state index is 13.4. The van der Waals surface area contributed by atoms with Gasteiger partial charge in [-0.2, -0.15) is 0 Å². The summed E-state index contributed by atoms with van der Waals surface area (Å²) in [5, 5.41) is 0. The van der Waals surface area contributed by atoms with Crippen molar-refractivity contribution in [1.29, 1.82) is 0 Å². The summed E-state index contributed by atoms with van der Waals surface area (Å²) in [7, 11) is 1.64. The minimum atomic E-state index is -0.526. The highest BCUT2D eigenvalue weighted by Crippen LogP contribution is 2.25. The monoisotopic (exact) mass is 286 g/mol. The first-order valence-electron chi connectivity index (χ1n) is 6.17. The molecule has 4 N–H and O–H groups in total. The molecule has 21 heavy (non-hydrogen) atoms. The topological polar surface area (TPSA) is 86.5 Å². The van der Waals surface area contributed by atoms with Crippen LogP contribution in [0.25, 0.3) is 5.57 Å². The standard InChI is InChI=1S/C15H15FN4O/c1-19-9-10(8-17)15-7-12(4-5-20-15)21-11-2-3-14(18)13(16)6-11/h2-9H,17-18H2,1H3/b10-8+,19-9?. The Morgan fingerprint density at radius 2 is 2.05 bits per heavy atom. The van der Waals surface area contributed by atoms with Crippen LogP contribution in [0.5, 0.6) is 11.5 Å². The summed E-state index contributed by atoms with van der Waals surface area (Å²) in [5.74, 6) is 0.330. The smallest absolute Gasteiger partial charge is 0.149 e. The Morgan fingerprint density at radius 1 is 1.29 bits per heavy atom. The van der Waals surface area contributed by atoms with Gasteiger partial charge in [0.1, 0.15) is 17.3 Å². The number of rotatable bonds is 4. The van der Waals surface area contributed by atoms with Gasteiger partial charge in [-0.05, 0) is 18.2 Å². The molecule has 0 aliphatic heterocycles. The lowest BCUT2D eigenvalue weighted by Gasteiger charge is -2.08. The zero-order chi connectivity index (χ0) is 15.2. The Labute approximate surface area is 121 Å². The maximum Gasteiger partial charge on any atom is 0.149 e. The summed E-state index contributed by atoms with van der Waals surface area (Å²) in [6.07, 6.45) is 4.57. The maximum atomic E-state index is 13.4. The van der Waals surface area contributed by atoms with Crippen molar-refractivity contribution in [2.75, 3.05) is 12.8 Å². The van der Waals surface area contributed by atoms with Crippen LogP contribution in [0.3, 0.4) is 0 Å². The summed E-state index contributed by atoms with van der Waals surface area (Å²) in [6.45, 7) is 0. The Hall–Kier alpha value is -2.89. The molecule has 1 aromatic carbocycles. The van der Waals surface area contributed by atoms with Gasteiger partial charge in [0.05, 0.1) is 11.4 Å². The normalized spacial score (nSPS) is 11.8. The van der Waals surface area contributed by atoms with Crippen LogP contribution in [-0.4, -0.2) is 18.2 Å². The van der Waals surface area contributed by atoms with E-state index >= 15 is 0 Å². The van der Waals surface area contributed by atoms with Crippen LogP contribution in [0.1, 0.15) is 5.69 Å². The molecule has 2 aromatic rings. The highest BCUT2D eigenvalue weighted by molar-refractivity contribution is 6.08. The number of aliphatic imine (C=N–C) groups is 1. The van der Waals surface area contributed by atoms with Gasteiger partial charge in [-0.15, -0.1) is 0 Å². The van der Waals surface area contributed by atoms with E-state index in [4.69, 9.17) is 16.2 Å². The number of allylic oxidation sites excluding steroid dienone is 1. The van der Waals surface area contributed by atoms with Gasteiger partial charge in [-0.25, -0.2) is 4.39 Å². The molecule has 0 bridgehead atoms. The number of hydrogen-bond acceptors (Lipinski definition) is 5. The molecular weight excluding hydrogens is 271 g/mol. The molecule has 0 aliphatic rings. The second-order valence-corrected chi connectivity index (χ2v) is 4.17. The van der Waals surface area contributed by atoms with Crippen LogP contribution in [0, 0.1) is 5.82 Å². The molecule has 2 rings (SSSR count). The molecular formula is C15H15FN4O. The summed E-state index contributed by atoms with van der Waals surface area (Å²) >= 11 is 0. The molecule has 0 radical (unpaired) electrons.